The molecular weight excluding hydrogens is 497 g/mol. The van der Waals surface area contributed by atoms with Gasteiger partial charge in [-0.05, 0) is 89.6 Å². The second-order valence-electron chi connectivity index (χ2n) is 11.5. The lowest BCUT2D eigenvalue weighted by Crippen LogP contribution is -2.55. The fourth-order valence-corrected chi connectivity index (χ4v) is 6.45. The molecule has 1 aromatic carbocycles. The minimum atomic E-state index is -0.715. The summed E-state index contributed by atoms with van der Waals surface area (Å²) in [5.41, 5.74) is 0.256. The van der Waals surface area contributed by atoms with E-state index in [1.54, 1.807) is 17.0 Å². The van der Waals surface area contributed by atoms with Gasteiger partial charge in [-0.1, -0.05) is 37.8 Å². The predicted molar refractivity (Wildman–Crippen MR) is 150 cm³/mol. The number of piperidine rings is 2. The summed E-state index contributed by atoms with van der Waals surface area (Å²) in [6, 6.07) is 6.05. The second kappa shape index (κ2) is 15.3. The highest BCUT2D eigenvalue weighted by molar-refractivity contribution is 5.85. The maximum atomic E-state index is 13.2. The number of carbonyl (C=O) groups excluding carboxylic acids is 3. The Hall–Kier alpha value is -2.48. The molecule has 0 radical (unpaired) electrons. The number of amides is 2. The van der Waals surface area contributed by atoms with Gasteiger partial charge >= 0.3 is 5.97 Å². The van der Waals surface area contributed by atoms with Crippen molar-refractivity contribution in [3.8, 4) is 0 Å². The first kappa shape index (κ1) is 31.1. The molecule has 3 fully saturated rings. The van der Waals surface area contributed by atoms with Gasteiger partial charge in [-0.25, -0.2) is 4.39 Å². The average Bonchev–Trinajstić information content (AvgIpc) is 2.96. The molecule has 2 aliphatic heterocycles. The number of ether oxygens (including phenoxy) is 1. The van der Waals surface area contributed by atoms with Gasteiger partial charge in [-0.15, -0.1) is 0 Å². The molecule has 3 aliphatic rings. The highest BCUT2D eigenvalue weighted by Crippen LogP contribution is 2.46. The maximum absolute atomic E-state index is 13.2. The Morgan fingerprint density at radius 3 is 2.23 bits per heavy atom. The number of esters is 1. The van der Waals surface area contributed by atoms with E-state index < -0.39 is 11.5 Å². The first-order valence-electron chi connectivity index (χ1n) is 14.9. The van der Waals surface area contributed by atoms with Crippen LogP contribution in [0.2, 0.25) is 0 Å². The van der Waals surface area contributed by atoms with Crippen LogP contribution in [0.5, 0.6) is 0 Å². The number of likely N-dealkylation sites (tertiary alicyclic amines) is 2. The average molecular weight is 546 g/mol. The summed E-state index contributed by atoms with van der Waals surface area (Å²) in [5.74, 6) is -0.329. The smallest absolute Gasteiger partial charge is 0.312 e. The third kappa shape index (κ3) is 8.50. The molecule has 0 spiro atoms. The zero-order valence-electron chi connectivity index (χ0n) is 24.1. The third-order valence-electron chi connectivity index (χ3n) is 9.09. The topological polar surface area (TPSA) is 79.0 Å². The Kier molecular flexibility index (Phi) is 12.2. The van der Waals surface area contributed by atoms with E-state index in [1.165, 1.54) is 44.4 Å². The molecular formula is C31H48FN3O4. The van der Waals surface area contributed by atoms with Crippen LogP contribution < -0.4 is 5.32 Å². The molecule has 2 atom stereocenters. The van der Waals surface area contributed by atoms with Crippen LogP contribution in [-0.2, 0) is 25.5 Å². The minimum Gasteiger partial charge on any atom is -0.466 e. The normalized spacial score (nSPS) is 22.7. The maximum Gasteiger partial charge on any atom is 0.312 e. The van der Waals surface area contributed by atoms with Crippen molar-refractivity contribution in [2.24, 2.45) is 11.3 Å². The van der Waals surface area contributed by atoms with Crippen molar-refractivity contribution >= 4 is 18.3 Å². The quantitative estimate of drug-likeness (QED) is 0.378. The minimum absolute atomic E-state index is 0.122. The highest BCUT2D eigenvalue weighted by atomic mass is 19.1. The number of benzene rings is 1. The summed E-state index contributed by atoms with van der Waals surface area (Å²) < 4.78 is 18.7. The van der Waals surface area contributed by atoms with Gasteiger partial charge in [0.15, 0.2) is 0 Å². The molecule has 1 aliphatic carbocycles. The molecule has 218 valence electrons. The molecule has 1 N–H and O–H groups in total. The van der Waals surface area contributed by atoms with Crippen molar-refractivity contribution < 1.29 is 23.5 Å². The summed E-state index contributed by atoms with van der Waals surface area (Å²) in [4.78, 5) is 41.4. The Labute approximate surface area is 233 Å². The molecule has 1 saturated carbocycles. The van der Waals surface area contributed by atoms with Gasteiger partial charge < -0.3 is 19.9 Å². The van der Waals surface area contributed by atoms with Gasteiger partial charge in [0.05, 0.1) is 12.0 Å². The van der Waals surface area contributed by atoms with E-state index >= 15 is 0 Å². The second-order valence-corrected chi connectivity index (χ2v) is 11.5. The lowest BCUT2D eigenvalue weighted by molar-refractivity contribution is -0.166. The Morgan fingerprint density at radius 2 is 1.69 bits per heavy atom. The first-order chi connectivity index (χ1) is 18.8. The number of carbonyl (C=O) groups is 3. The number of halogens is 1. The Morgan fingerprint density at radius 1 is 1.05 bits per heavy atom. The monoisotopic (exact) mass is 545 g/mol. The highest BCUT2D eigenvalue weighted by Gasteiger charge is 2.49. The molecule has 1 aromatic rings. The molecule has 0 aromatic heterocycles. The van der Waals surface area contributed by atoms with E-state index in [1.807, 2.05) is 6.92 Å². The molecule has 2 saturated heterocycles. The van der Waals surface area contributed by atoms with E-state index in [9.17, 15) is 18.8 Å². The van der Waals surface area contributed by atoms with E-state index in [2.05, 4.69) is 24.2 Å². The van der Waals surface area contributed by atoms with Crippen LogP contribution in [0.3, 0.4) is 0 Å². The number of nitrogens with one attached hydrogen (secondary N) is 1. The van der Waals surface area contributed by atoms with Gasteiger partial charge in [0.1, 0.15) is 11.9 Å². The molecule has 8 heteroatoms. The van der Waals surface area contributed by atoms with Crippen molar-refractivity contribution in [2.75, 3.05) is 33.3 Å². The number of rotatable bonds is 8. The molecule has 2 amide bonds. The molecule has 2 heterocycles. The van der Waals surface area contributed by atoms with Crippen molar-refractivity contribution in [3.63, 3.8) is 0 Å². The van der Waals surface area contributed by atoms with Crippen LogP contribution in [0.25, 0.3) is 0 Å². The molecule has 39 heavy (non-hydrogen) atoms. The van der Waals surface area contributed by atoms with Crippen LogP contribution in [-0.4, -0.2) is 73.5 Å². The lowest BCUT2D eigenvalue weighted by atomic mass is 9.63. The Bertz CT molecular complexity index is 901. The summed E-state index contributed by atoms with van der Waals surface area (Å²) in [6.45, 7) is 6.73. The zero-order valence-corrected chi connectivity index (χ0v) is 24.1. The lowest BCUT2D eigenvalue weighted by Gasteiger charge is -2.46. The van der Waals surface area contributed by atoms with Crippen molar-refractivity contribution in [1.29, 1.82) is 0 Å². The molecule has 0 bridgehead atoms. The largest absolute Gasteiger partial charge is 0.466 e. The summed E-state index contributed by atoms with van der Waals surface area (Å²) in [7, 11) is 2.21. The van der Waals surface area contributed by atoms with Crippen LogP contribution in [0.15, 0.2) is 24.3 Å². The van der Waals surface area contributed by atoms with Crippen molar-refractivity contribution in [3.05, 3.63) is 35.6 Å². The summed E-state index contributed by atoms with van der Waals surface area (Å²) in [6.07, 6.45) is 11.8. The summed E-state index contributed by atoms with van der Waals surface area (Å²) >= 11 is 0. The SMILES string of the molecule is CCOC(=O)C1(C2CCCCC2)CCN(C(=O)[C@@H](Cc2ccc(F)cc2)NC=O)CC1.C[C@@H]1CCCCN1C. The zero-order chi connectivity index (χ0) is 28.3. The number of nitrogens with zero attached hydrogens (tertiary/aromatic N) is 2. The van der Waals surface area contributed by atoms with Crippen molar-refractivity contribution in [2.45, 2.75) is 96.6 Å². The van der Waals surface area contributed by atoms with E-state index in [0.717, 1.165) is 37.3 Å². The van der Waals surface area contributed by atoms with E-state index in [0.29, 0.717) is 51.3 Å². The van der Waals surface area contributed by atoms with Crippen LogP contribution in [0.1, 0.15) is 83.6 Å². The van der Waals surface area contributed by atoms with Gasteiger partial charge in [0, 0.05) is 25.6 Å². The molecule has 7 nitrogen and oxygen atoms in total. The van der Waals surface area contributed by atoms with E-state index in [-0.39, 0.29) is 17.7 Å². The van der Waals surface area contributed by atoms with Crippen molar-refractivity contribution in [1.82, 2.24) is 15.1 Å². The van der Waals surface area contributed by atoms with Gasteiger partial charge in [-0.3, -0.25) is 14.4 Å². The fraction of sp³-hybridized carbons (Fsp3) is 0.710. The predicted octanol–water partition coefficient (Wildman–Crippen LogP) is 4.73. The van der Waals surface area contributed by atoms with Crippen LogP contribution >= 0.6 is 0 Å². The van der Waals surface area contributed by atoms with Crippen LogP contribution in [0.4, 0.5) is 4.39 Å². The fourth-order valence-electron chi connectivity index (χ4n) is 6.45. The number of hydrogen-bond acceptors (Lipinski definition) is 5. The molecule has 0 unspecified atom stereocenters. The molecule has 4 rings (SSSR count). The summed E-state index contributed by atoms with van der Waals surface area (Å²) in [5, 5.41) is 2.61. The first-order valence-corrected chi connectivity index (χ1v) is 14.9. The van der Waals surface area contributed by atoms with E-state index in [4.69, 9.17) is 4.74 Å². The number of hydrogen-bond donors (Lipinski definition) is 1. The third-order valence-corrected chi connectivity index (χ3v) is 9.09. The van der Waals surface area contributed by atoms with Gasteiger partial charge in [0.25, 0.3) is 0 Å². The van der Waals surface area contributed by atoms with Gasteiger partial charge in [-0.2, -0.15) is 0 Å². The Balaban J connectivity index is 0.000000449. The van der Waals surface area contributed by atoms with Gasteiger partial charge in [0.2, 0.25) is 12.3 Å². The standard InChI is InChI=1S/C24H33FN2O4.C7H15N/c1-2-31-23(30)24(19-6-4-3-5-7-19)12-14-27(15-13-24)22(29)21(26-17-28)16-18-8-10-20(25)11-9-18;1-7-5-3-4-6-8(7)2/h8-11,17,19,21H,2-7,12-16H2,1H3,(H,26,28);7H,3-6H2,1-2H3/t21-;7-/m11/s1. The van der Waals surface area contributed by atoms with Crippen LogP contribution in [0, 0.1) is 17.2 Å².